The largest absolute Gasteiger partial charge is 0.406 e. The molecule has 3 nitrogen and oxygen atoms in total. The summed E-state index contributed by atoms with van der Waals surface area (Å²) < 4.78 is 4.85. The van der Waals surface area contributed by atoms with Crippen molar-refractivity contribution in [2.24, 2.45) is 4.99 Å². The molecule has 0 atom stereocenters. The monoisotopic (exact) mass is 153 g/mol. The van der Waals surface area contributed by atoms with E-state index in [1.54, 1.807) is 20.8 Å². The first-order chi connectivity index (χ1) is 4.93. The minimum absolute atomic E-state index is 0.310. The Morgan fingerprint density at radius 3 is 2.36 bits per heavy atom. The van der Waals surface area contributed by atoms with Crippen LogP contribution in [0, 0.1) is 0 Å². The van der Waals surface area contributed by atoms with Gasteiger partial charge in [-0.25, -0.2) is 9.79 Å². The maximum atomic E-state index is 11.0. The molecular weight excluding hydrogens is 142 g/mol. The highest BCUT2D eigenvalue weighted by Crippen LogP contribution is 2.20. The van der Waals surface area contributed by atoms with Gasteiger partial charge in [-0.15, -0.1) is 0 Å². The van der Waals surface area contributed by atoms with E-state index in [0.717, 1.165) is 0 Å². The number of aliphatic imine (C=N–C) groups is 1. The first-order valence-corrected chi connectivity index (χ1v) is 3.41. The molecule has 1 rings (SSSR count). The lowest BCUT2D eigenvalue weighted by molar-refractivity contribution is -0.137. The van der Waals surface area contributed by atoms with Crippen LogP contribution in [0.15, 0.2) is 17.1 Å². The van der Waals surface area contributed by atoms with Crippen LogP contribution in [0.2, 0.25) is 0 Å². The number of nitrogens with zero attached hydrogens (tertiary/aromatic N) is 1. The summed E-state index contributed by atoms with van der Waals surface area (Å²) in [6, 6.07) is 0. The van der Waals surface area contributed by atoms with E-state index in [-0.39, 0.29) is 5.97 Å². The van der Waals surface area contributed by atoms with Crippen molar-refractivity contribution in [1.29, 1.82) is 0 Å². The quantitative estimate of drug-likeness (QED) is 0.532. The van der Waals surface area contributed by atoms with Gasteiger partial charge in [0, 0.05) is 5.57 Å². The third-order valence-electron chi connectivity index (χ3n) is 1.44. The van der Waals surface area contributed by atoms with Crippen LogP contribution >= 0.6 is 0 Å². The molecule has 3 heteroatoms. The molecule has 0 N–H and O–H groups in total. The van der Waals surface area contributed by atoms with E-state index in [2.05, 4.69) is 11.6 Å². The molecule has 0 aliphatic carbocycles. The molecule has 0 amide bonds. The van der Waals surface area contributed by atoms with Crippen LogP contribution in [0.3, 0.4) is 0 Å². The summed E-state index contributed by atoms with van der Waals surface area (Å²) in [5.74, 6) is 0.0514. The average Bonchev–Trinajstić information content (AvgIpc) is 2.08. The van der Waals surface area contributed by atoms with Gasteiger partial charge in [0.25, 0.3) is 0 Å². The molecule has 1 aliphatic rings. The first kappa shape index (κ1) is 7.98. The summed E-state index contributed by atoms with van der Waals surface area (Å²) in [5.41, 5.74) is -0.0437. The lowest BCUT2D eigenvalue weighted by Gasteiger charge is -2.05. The SMILES string of the molecule is C=C(C)C1=NC(C)(C)C(=O)O1. The molecular formula is C8H11NO2. The minimum Gasteiger partial charge on any atom is -0.406 e. The van der Waals surface area contributed by atoms with Crippen LogP contribution in [-0.4, -0.2) is 17.4 Å². The van der Waals surface area contributed by atoms with E-state index in [1.165, 1.54) is 0 Å². The van der Waals surface area contributed by atoms with E-state index in [4.69, 9.17) is 4.74 Å². The predicted molar refractivity (Wildman–Crippen MR) is 42.4 cm³/mol. The third-order valence-corrected chi connectivity index (χ3v) is 1.44. The molecule has 0 saturated heterocycles. The van der Waals surface area contributed by atoms with Crippen molar-refractivity contribution in [3.05, 3.63) is 12.2 Å². The molecule has 0 fully saturated rings. The summed E-state index contributed by atoms with van der Waals surface area (Å²) >= 11 is 0. The van der Waals surface area contributed by atoms with Crippen molar-refractivity contribution < 1.29 is 9.53 Å². The van der Waals surface area contributed by atoms with E-state index < -0.39 is 5.54 Å². The third kappa shape index (κ3) is 1.31. The standard InChI is InChI=1S/C8H11NO2/c1-5(2)6-9-8(3,4)7(10)11-6/h1H2,2-4H3. The van der Waals surface area contributed by atoms with Crippen LogP contribution in [0.25, 0.3) is 0 Å². The first-order valence-electron chi connectivity index (χ1n) is 3.41. The van der Waals surface area contributed by atoms with E-state index in [9.17, 15) is 4.79 Å². The normalized spacial score (nSPS) is 21.0. The number of ether oxygens (including phenoxy) is 1. The average molecular weight is 153 g/mol. The Hall–Kier alpha value is -1.12. The molecule has 0 unspecified atom stereocenters. The highest BCUT2D eigenvalue weighted by molar-refractivity contribution is 6.06. The Bertz CT molecular complexity index is 251. The fraction of sp³-hybridized carbons (Fsp3) is 0.500. The second-order valence-corrected chi connectivity index (χ2v) is 3.15. The van der Waals surface area contributed by atoms with Gasteiger partial charge in [-0.1, -0.05) is 6.58 Å². The van der Waals surface area contributed by atoms with Crippen molar-refractivity contribution in [3.63, 3.8) is 0 Å². The molecule has 1 aliphatic heterocycles. The maximum absolute atomic E-state index is 11.0. The fourth-order valence-electron chi connectivity index (χ4n) is 0.718. The van der Waals surface area contributed by atoms with E-state index in [1.807, 2.05) is 0 Å². The van der Waals surface area contributed by atoms with Gasteiger partial charge in [0.2, 0.25) is 5.90 Å². The lowest BCUT2D eigenvalue weighted by atomic mass is 10.1. The Labute approximate surface area is 65.8 Å². The highest BCUT2D eigenvalue weighted by Gasteiger charge is 2.36. The molecule has 0 aromatic heterocycles. The van der Waals surface area contributed by atoms with Gasteiger partial charge in [-0.05, 0) is 20.8 Å². The van der Waals surface area contributed by atoms with Crippen LogP contribution in [0.5, 0.6) is 0 Å². The summed E-state index contributed by atoms with van der Waals surface area (Å²) in [6.45, 7) is 8.81. The number of hydrogen-bond acceptors (Lipinski definition) is 3. The zero-order chi connectivity index (χ0) is 8.65. The molecule has 0 bridgehead atoms. The minimum atomic E-state index is -0.728. The van der Waals surface area contributed by atoms with Crippen LogP contribution < -0.4 is 0 Å². The van der Waals surface area contributed by atoms with Crippen molar-refractivity contribution in [2.45, 2.75) is 26.3 Å². The van der Waals surface area contributed by atoms with Gasteiger partial charge in [0.15, 0.2) is 5.54 Å². The predicted octanol–water partition coefficient (Wildman–Crippen LogP) is 1.30. The fourth-order valence-corrected chi connectivity index (χ4v) is 0.718. The summed E-state index contributed by atoms with van der Waals surface area (Å²) in [5, 5.41) is 0. The van der Waals surface area contributed by atoms with Gasteiger partial charge in [-0.3, -0.25) is 0 Å². The molecule has 11 heavy (non-hydrogen) atoms. The Kier molecular flexibility index (Phi) is 1.59. The van der Waals surface area contributed by atoms with Gasteiger partial charge < -0.3 is 4.74 Å². The van der Waals surface area contributed by atoms with Gasteiger partial charge in [0.1, 0.15) is 0 Å². The molecule has 0 saturated carbocycles. The number of esters is 1. The zero-order valence-electron chi connectivity index (χ0n) is 6.97. The van der Waals surface area contributed by atoms with Crippen LogP contribution in [0.1, 0.15) is 20.8 Å². The second-order valence-electron chi connectivity index (χ2n) is 3.15. The molecule has 0 radical (unpaired) electrons. The van der Waals surface area contributed by atoms with Crippen molar-refractivity contribution >= 4 is 11.9 Å². The van der Waals surface area contributed by atoms with Crippen LogP contribution in [0.4, 0.5) is 0 Å². The Morgan fingerprint density at radius 1 is 1.64 bits per heavy atom. The number of carbonyl (C=O) groups is 1. The summed E-state index contributed by atoms with van der Waals surface area (Å²) in [7, 11) is 0. The number of hydrogen-bond donors (Lipinski definition) is 0. The van der Waals surface area contributed by atoms with Crippen LogP contribution in [-0.2, 0) is 9.53 Å². The Balaban J connectivity index is 2.93. The number of carbonyl (C=O) groups excluding carboxylic acids is 1. The smallest absolute Gasteiger partial charge is 0.340 e. The number of cyclic esters (lactones) is 1. The van der Waals surface area contributed by atoms with Gasteiger partial charge in [-0.2, -0.15) is 0 Å². The Morgan fingerprint density at radius 2 is 2.18 bits per heavy atom. The van der Waals surface area contributed by atoms with Crippen molar-refractivity contribution in [1.82, 2.24) is 0 Å². The maximum Gasteiger partial charge on any atom is 0.340 e. The lowest BCUT2D eigenvalue weighted by Crippen LogP contribution is -2.25. The zero-order valence-corrected chi connectivity index (χ0v) is 6.97. The number of rotatable bonds is 1. The van der Waals surface area contributed by atoms with Crippen molar-refractivity contribution in [2.75, 3.05) is 0 Å². The summed E-state index contributed by atoms with van der Waals surface area (Å²) in [4.78, 5) is 15.1. The molecule has 60 valence electrons. The molecule has 1 heterocycles. The van der Waals surface area contributed by atoms with Crippen molar-refractivity contribution in [3.8, 4) is 0 Å². The van der Waals surface area contributed by atoms with Gasteiger partial charge in [0.05, 0.1) is 0 Å². The van der Waals surface area contributed by atoms with E-state index >= 15 is 0 Å². The second kappa shape index (κ2) is 2.19. The molecule has 0 spiro atoms. The van der Waals surface area contributed by atoms with E-state index in [0.29, 0.717) is 11.5 Å². The highest BCUT2D eigenvalue weighted by atomic mass is 16.6. The molecule has 0 aromatic rings. The molecule has 0 aromatic carbocycles. The summed E-state index contributed by atoms with van der Waals surface area (Å²) in [6.07, 6.45) is 0. The van der Waals surface area contributed by atoms with Gasteiger partial charge >= 0.3 is 5.97 Å². The topological polar surface area (TPSA) is 38.7 Å².